The van der Waals surface area contributed by atoms with E-state index in [1.54, 1.807) is 25.1 Å². The Kier molecular flexibility index (Phi) is 4.54. The van der Waals surface area contributed by atoms with Gasteiger partial charge in [-0.25, -0.2) is 8.42 Å². The first-order valence-electron chi connectivity index (χ1n) is 6.49. The third-order valence-electron chi connectivity index (χ3n) is 3.10. The first-order chi connectivity index (χ1) is 9.94. The van der Waals surface area contributed by atoms with Crippen LogP contribution < -0.4 is 10.0 Å². The van der Waals surface area contributed by atoms with Crippen molar-refractivity contribution in [3.8, 4) is 0 Å². The molecule has 0 saturated carbocycles. The lowest BCUT2D eigenvalue weighted by molar-refractivity contribution is 0.600. The van der Waals surface area contributed by atoms with Gasteiger partial charge < -0.3 is 5.32 Å². The van der Waals surface area contributed by atoms with Gasteiger partial charge in [-0.3, -0.25) is 4.72 Å². The second-order valence-electron chi connectivity index (χ2n) is 4.79. The molecule has 2 aromatic rings. The van der Waals surface area contributed by atoms with Crippen LogP contribution in [0.3, 0.4) is 0 Å². The van der Waals surface area contributed by atoms with E-state index in [9.17, 15) is 8.42 Å². The molecule has 0 aliphatic rings. The zero-order valence-electron chi connectivity index (χ0n) is 12.2. The molecule has 0 spiro atoms. The van der Waals surface area contributed by atoms with Gasteiger partial charge in [0.25, 0.3) is 10.0 Å². The normalized spacial score (nSPS) is 11.4. The number of hydrogen-bond acceptors (Lipinski definition) is 5. The number of anilines is 1. The fourth-order valence-corrected chi connectivity index (χ4v) is 3.37. The molecule has 21 heavy (non-hydrogen) atoms. The highest BCUT2D eigenvalue weighted by atomic mass is 32.2. The van der Waals surface area contributed by atoms with Gasteiger partial charge in [0.05, 0.1) is 4.90 Å². The Morgan fingerprint density at radius 2 is 1.95 bits per heavy atom. The summed E-state index contributed by atoms with van der Waals surface area (Å²) in [5.74, 6) is 0.202. The molecular weight excluding hydrogens is 288 g/mol. The van der Waals surface area contributed by atoms with Crippen molar-refractivity contribution in [2.24, 2.45) is 0 Å². The van der Waals surface area contributed by atoms with E-state index in [0.717, 1.165) is 11.1 Å². The molecule has 0 radical (unpaired) electrons. The van der Waals surface area contributed by atoms with Crippen LogP contribution in [-0.2, 0) is 16.6 Å². The fraction of sp³-hybridized carbons (Fsp3) is 0.286. The van der Waals surface area contributed by atoms with Crippen LogP contribution in [0.15, 0.2) is 35.4 Å². The summed E-state index contributed by atoms with van der Waals surface area (Å²) in [6, 6.07) is 6.75. The molecule has 0 bridgehead atoms. The third-order valence-corrected chi connectivity index (χ3v) is 4.60. The monoisotopic (exact) mass is 306 g/mol. The molecule has 2 rings (SSSR count). The molecule has 1 aromatic heterocycles. The minimum Gasteiger partial charge on any atom is -0.316 e. The van der Waals surface area contributed by atoms with Gasteiger partial charge in [0.15, 0.2) is 5.82 Å². The van der Waals surface area contributed by atoms with Crippen molar-refractivity contribution in [3.05, 3.63) is 47.2 Å². The largest absolute Gasteiger partial charge is 0.316 e. The lowest BCUT2D eigenvalue weighted by Gasteiger charge is -2.13. The van der Waals surface area contributed by atoms with E-state index in [1.807, 2.05) is 20.0 Å². The smallest absolute Gasteiger partial charge is 0.263 e. The van der Waals surface area contributed by atoms with Gasteiger partial charge >= 0.3 is 0 Å². The predicted molar refractivity (Wildman–Crippen MR) is 81.5 cm³/mol. The summed E-state index contributed by atoms with van der Waals surface area (Å²) in [4.78, 5) is 0.254. The maximum Gasteiger partial charge on any atom is 0.263 e. The highest BCUT2D eigenvalue weighted by molar-refractivity contribution is 7.92. The summed E-state index contributed by atoms with van der Waals surface area (Å²) < 4.78 is 27.4. The lowest BCUT2D eigenvalue weighted by atomic mass is 10.1. The van der Waals surface area contributed by atoms with Crippen molar-refractivity contribution in [1.29, 1.82) is 0 Å². The van der Waals surface area contributed by atoms with Crippen LogP contribution in [0.25, 0.3) is 0 Å². The van der Waals surface area contributed by atoms with Gasteiger partial charge in [-0.2, -0.15) is 5.10 Å². The minimum atomic E-state index is -3.68. The van der Waals surface area contributed by atoms with Crippen LogP contribution in [0.2, 0.25) is 0 Å². The molecule has 0 fully saturated rings. The van der Waals surface area contributed by atoms with Crippen molar-refractivity contribution in [1.82, 2.24) is 15.5 Å². The number of sulfonamides is 1. The highest BCUT2D eigenvalue weighted by Gasteiger charge is 2.19. The lowest BCUT2D eigenvalue weighted by Crippen LogP contribution is -2.17. The van der Waals surface area contributed by atoms with Gasteiger partial charge in [-0.1, -0.05) is 6.07 Å². The maximum atomic E-state index is 12.5. The first kappa shape index (κ1) is 15.4. The number of rotatable bonds is 5. The van der Waals surface area contributed by atoms with Crippen molar-refractivity contribution in [2.45, 2.75) is 25.3 Å². The molecular formula is C14H18N4O2S. The summed E-state index contributed by atoms with van der Waals surface area (Å²) in [7, 11) is -1.86. The Morgan fingerprint density at radius 1 is 1.19 bits per heavy atom. The van der Waals surface area contributed by atoms with E-state index >= 15 is 0 Å². The molecule has 0 atom stereocenters. The molecule has 6 nitrogen and oxygen atoms in total. The van der Waals surface area contributed by atoms with Crippen LogP contribution in [-0.4, -0.2) is 25.7 Å². The molecule has 112 valence electrons. The van der Waals surface area contributed by atoms with Gasteiger partial charge in [-0.05, 0) is 55.8 Å². The number of nitrogens with one attached hydrogen (secondary N) is 2. The number of aryl methyl sites for hydroxylation is 2. The Hall–Kier alpha value is -1.99. The standard InChI is InChI=1S/C14H18N4O2S/c1-10-7-11(2)13(8-12(10)9-15-3)21(19,20)18-14-5-4-6-16-17-14/h4-8,15H,9H2,1-3H3,(H,17,18). The van der Waals surface area contributed by atoms with Crippen LogP contribution in [0.1, 0.15) is 16.7 Å². The summed E-state index contributed by atoms with van der Waals surface area (Å²) in [5, 5.41) is 10.4. The Morgan fingerprint density at radius 3 is 2.57 bits per heavy atom. The van der Waals surface area contributed by atoms with E-state index < -0.39 is 10.0 Å². The molecule has 1 aromatic carbocycles. The Labute approximate surface area is 124 Å². The topological polar surface area (TPSA) is 84.0 Å². The van der Waals surface area contributed by atoms with Crippen LogP contribution in [0, 0.1) is 13.8 Å². The minimum absolute atomic E-state index is 0.202. The van der Waals surface area contributed by atoms with Gasteiger partial charge in [-0.15, -0.1) is 5.10 Å². The van der Waals surface area contributed by atoms with Crippen molar-refractivity contribution >= 4 is 15.8 Å². The quantitative estimate of drug-likeness (QED) is 0.877. The maximum absolute atomic E-state index is 12.5. The van der Waals surface area contributed by atoms with Crippen LogP contribution in [0.5, 0.6) is 0 Å². The number of benzene rings is 1. The molecule has 2 N–H and O–H groups in total. The summed E-state index contributed by atoms with van der Waals surface area (Å²) in [6.45, 7) is 4.35. The number of aromatic nitrogens is 2. The number of hydrogen-bond donors (Lipinski definition) is 2. The SMILES string of the molecule is CNCc1cc(S(=O)(=O)Nc2cccnn2)c(C)cc1C. The first-order valence-corrected chi connectivity index (χ1v) is 7.97. The summed E-state index contributed by atoms with van der Waals surface area (Å²) >= 11 is 0. The Bertz CT molecular complexity index is 730. The second kappa shape index (κ2) is 6.19. The third kappa shape index (κ3) is 3.56. The second-order valence-corrected chi connectivity index (χ2v) is 6.44. The van der Waals surface area contributed by atoms with E-state index in [-0.39, 0.29) is 10.7 Å². The van der Waals surface area contributed by atoms with Crippen molar-refractivity contribution in [3.63, 3.8) is 0 Å². The Balaban J connectivity index is 2.42. The molecule has 1 heterocycles. The number of nitrogens with zero attached hydrogens (tertiary/aromatic N) is 2. The molecule has 0 saturated heterocycles. The zero-order chi connectivity index (χ0) is 15.5. The molecule has 0 aliphatic heterocycles. The van der Waals surface area contributed by atoms with E-state index in [4.69, 9.17) is 0 Å². The zero-order valence-corrected chi connectivity index (χ0v) is 13.0. The van der Waals surface area contributed by atoms with E-state index in [1.165, 1.54) is 6.20 Å². The fourth-order valence-electron chi connectivity index (χ4n) is 2.09. The summed E-state index contributed by atoms with van der Waals surface area (Å²) in [6.07, 6.45) is 1.49. The van der Waals surface area contributed by atoms with Crippen LogP contribution >= 0.6 is 0 Å². The van der Waals surface area contributed by atoms with Gasteiger partial charge in [0, 0.05) is 12.7 Å². The molecule has 0 amide bonds. The summed E-state index contributed by atoms with van der Waals surface area (Å²) in [5.41, 5.74) is 2.70. The molecule has 0 unspecified atom stereocenters. The predicted octanol–water partition coefficient (Wildman–Crippen LogP) is 1.61. The average Bonchev–Trinajstić information content (AvgIpc) is 2.42. The van der Waals surface area contributed by atoms with Crippen LogP contribution in [0.4, 0.5) is 5.82 Å². The molecule has 0 aliphatic carbocycles. The van der Waals surface area contributed by atoms with E-state index in [2.05, 4.69) is 20.2 Å². The van der Waals surface area contributed by atoms with Gasteiger partial charge in [0.1, 0.15) is 0 Å². The van der Waals surface area contributed by atoms with Crippen molar-refractivity contribution in [2.75, 3.05) is 11.8 Å². The van der Waals surface area contributed by atoms with Gasteiger partial charge in [0.2, 0.25) is 0 Å². The van der Waals surface area contributed by atoms with E-state index in [0.29, 0.717) is 12.1 Å². The molecule has 7 heteroatoms. The van der Waals surface area contributed by atoms with Crippen molar-refractivity contribution < 1.29 is 8.42 Å². The highest BCUT2D eigenvalue weighted by Crippen LogP contribution is 2.22. The average molecular weight is 306 g/mol.